The summed E-state index contributed by atoms with van der Waals surface area (Å²) in [5, 5.41) is 4.15. The third-order valence-corrected chi connectivity index (χ3v) is 4.93. The van der Waals surface area contributed by atoms with Crippen LogP contribution in [0, 0.1) is 0 Å². The Hall–Kier alpha value is -1.98. The molecule has 1 aromatic heterocycles. The maximum absolute atomic E-state index is 5.37. The first-order chi connectivity index (χ1) is 12.4. The van der Waals surface area contributed by atoms with Gasteiger partial charge in [-0.1, -0.05) is 47.6 Å². The molecule has 0 unspecified atom stereocenters. The van der Waals surface area contributed by atoms with Crippen molar-refractivity contribution in [3.8, 4) is 0 Å². The summed E-state index contributed by atoms with van der Waals surface area (Å²) in [6.45, 7) is 6.22. The standard InChI is InChI=1S/C20H26N4O/c1-2-6-17(7-3-1)8-4-11-23-12-5-13-24(15-14-23)16-19-21-20(25-22-19)18-9-10-18/h1-4,6-8,18H,5,9-16H2. The lowest BCUT2D eigenvalue weighted by Gasteiger charge is -2.19. The van der Waals surface area contributed by atoms with E-state index in [9.17, 15) is 0 Å². The highest BCUT2D eigenvalue weighted by Gasteiger charge is 2.29. The molecule has 4 rings (SSSR count). The fourth-order valence-corrected chi connectivity index (χ4v) is 3.29. The van der Waals surface area contributed by atoms with Gasteiger partial charge in [-0.3, -0.25) is 9.80 Å². The number of hydrogen-bond acceptors (Lipinski definition) is 5. The van der Waals surface area contributed by atoms with Crippen molar-refractivity contribution in [2.24, 2.45) is 0 Å². The first kappa shape index (κ1) is 16.5. The van der Waals surface area contributed by atoms with Gasteiger partial charge in [-0.2, -0.15) is 4.98 Å². The number of nitrogens with zero attached hydrogens (tertiary/aromatic N) is 4. The summed E-state index contributed by atoms with van der Waals surface area (Å²) in [5.41, 5.74) is 1.27. The molecule has 132 valence electrons. The molecule has 0 N–H and O–H groups in total. The third-order valence-electron chi connectivity index (χ3n) is 4.93. The zero-order valence-corrected chi connectivity index (χ0v) is 14.7. The fourth-order valence-electron chi connectivity index (χ4n) is 3.29. The Bertz CT molecular complexity index is 693. The lowest BCUT2D eigenvalue weighted by Crippen LogP contribution is -2.30. The van der Waals surface area contributed by atoms with Gasteiger partial charge >= 0.3 is 0 Å². The summed E-state index contributed by atoms with van der Waals surface area (Å²) < 4.78 is 5.37. The van der Waals surface area contributed by atoms with Crippen LogP contribution >= 0.6 is 0 Å². The summed E-state index contributed by atoms with van der Waals surface area (Å²) in [6.07, 6.45) is 8.08. The van der Waals surface area contributed by atoms with Crippen molar-refractivity contribution in [2.75, 3.05) is 32.7 Å². The average Bonchev–Trinajstić information content (AvgIpc) is 3.42. The summed E-state index contributed by atoms with van der Waals surface area (Å²) >= 11 is 0. The van der Waals surface area contributed by atoms with E-state index < -0.39 is 0 Å². The van der Waals surface area contributed by atoms with Crippen LogP contribution < -0.4 is 0 Å². The van der Waals surface area contributed by atoms with Gasteiger partial charge < -0.3 is 4.52 Å². The first-order valence-electron chi connectivity index (χ1n) is 9.35. The second kappa shape index (κ2) is 7.93. The fraction of sp³-hybridized carbons (Fsp3) is 0.500. The van der Waals surface area contributed by atoms with E-state index in [-0.39, 0.29) is 0 Å². The van der Waals surface area contributed by atoms with Gasteiger partial charge in [0.05, 0.1) is 6.54 Å². The molecule has 1 saturated heterocycles. The smallest absolute Gasteiger partial charge is 0.229 e. The number of hydrogen-bond donors (Lipinski definition) is 0. The second-order valence-corrected chi connectivity index (χ2v) is 7.07. The van der Waals surface area contributed by atoms with E-state index in [1.54, 1.807) is 0 Å². The van der Waals surface area contributed by atoms with Crippen molar-refractivity contribution in [1.29, 1.82) is 0 Å². The highest BCUT2D eigenvalue weighted by atomic mass is 16.5. The Balaban J connectivity index is 1.24. The number of rotatable bonds is 6. The van der Waals surface area contributed by atoms with Gasteiger partial charge in [0.25, 0.3) is 0 Å². The van der Waals surface area contributed by atoms with Crippen molar-refractivity contribution in [3.63, 3.8) is 0 Å². The Morgan fingerprint density at radius 2 is 1.84 bits per heavy atom. The van der Waals surface area contributed by atoms with Gasteiger partial charge in [0.1, 0.15) is 0 Å². The van der Waals surface area contributed by atoms with Crippen molar-refractivity contribution in [2.45, 2.75) is 31.7 Å². The molecule has 0 atom stereocenters. The average molecular weight is 338 g/mol. The number of aromatic nitrogens is 2. The molecule has 2 aliphatic rings. The van der Waals surface area contributed by atoms with Gasteiger partial charge in [0.2, 0.25) is 5.89 Å². The molecule has 5 nitrogen and oxygen atoms in total. The molecule has 0 amide bonds. The Morgan fingerprint density at radius 3 is 2.68 bits per heavy atom. The van der Waals surface area contributed by atoms with E-state index in [4.69, 9.17) is 4.52 Å². The van der Waals surface area contributed by atoms with Crippen LogP contribution in [-0.4, -0.2) is 52.7 Å². The summed E-state index contributed by atoms with van der Waals surface area (Å²) in [4.78, 5) is 9.52. The van der Waals surface area contributed by atoms with Crippen molar-refractivity contribution >= 4 is 6.08 Å². The normalized spacial score (nSPS) is 20.2. The minimum absolute atomic E-state index is 0.539. The highest BCUT2D eigenvalue weighted by Crippen LogP contribution is 2.38. The van der Waals surface area contributed by atoms with Gasteiger partial charge in [-0.25, -0.2) is 0 Å². The quantitative estimate of drug-likeness (QED) is 0.809. The highest BCUT2D eigenvalue weighted by molar-refractivity contribution is 5.48. The van der Waals surface area contributed by atoms with Gasteiger partial charge in [0, 0.05) is 25.6 Å². The maximum Gasteiger partial charge on any atom is 0.229 e. The predicted octanol–water partition coefficient (Wildman–Crippen LogP) is 3.17. The molecule has 0 bridgehead atoms. The van der Waals surface area contributed by atoms with Crippen LogP contribution in [0.5, 0.6) is 0 Å². The van der Waals surface area contributed by atoms with Gasteiger partial charge in [-0.05, 0) is 37.9 Å². The zero-order valence-electron chi connectivity index (χ0n) is 14.7. The Kier molecular flexibility index (Phi) is 5.23. The Morgan fingerprint density at radius 1 is 1.04 bits per heavy atom. The SMILES string of the molecule is C(=Cc1ccccc1)CN1CCCN(Cc2noc(C3CC3)n2)CC1. The first-order valence-corrected chi connectivity index (χ1v) is 9.35. The minimum Gasteiger partial charge on any atom is -0.339 e. The van der Waals surface area contributed by atoms with E-state index in [0.29, 0.717) is 5.92 Å². The molecular formula is C20H26N4O. The van der Waals surface area contributed by atoms with Crippen LogP contribution in [0.2, 0.25) is 0 Å². The van der Waals surface area contributed by atoms with Crippen LogP contribution in [0.3, 0.4) is 0 Å². The molecule has 2 aromatic rings. The lowest BCUT2D eigenvalue weighted by atomic mass is 10.2. The predicted molar refractivity (Wildman–Crippen MR) is 98.1 cm³/mol. The van der Waals surface area contributed by atoms with Crippen molar-refractivity contribution < 1.29 is 4.52 Å². The van der Waals surface area contributed by atoms with E-state index in [1.165, 1.54) is 24.8 Å². The van der Waals surface area contributed by atoms with Gasteiger partial charge in [0.15, 0.2) is 5.82 Å². The molecule has 0 radical (unpaired) electrons. The van der Waals surface area contributed by atoms with Crippen molar-refractivity contribution in [3.05, 3.63) is 53.7 Å². The van der Waals surface area contributed by atoms with Crippen molar-refractivity contribution in [1.82, 2.24) is 19.9 Å². The monoisotopic (exact) mass is 338 g/mol. The largest absolute Gasteiger partial charge is 0.339 e. The van der Waals surface area contributed by atoms with E-state index in [2.05, 4.69) is 62.4 Å². The zero-order chi connectivity index (χ0) is 16.9. The number of benzene rings is 1. The van der Waals surface area contributed by atoms with E-state index in [1.807, 2.05) is 0 Å². The molecule has 1 saturated carbocycles. The van der Waals surface area contributed by atoms with Crippen LogP contribution in [0.15, 0.2) is 40.9 Å². The van der Waals surface area contributed by atoms with Crippen LogP contribution in [0.4, 0.5) is 0 Å². The summed E-state index contributed by atoms with van der Waals surface area (Å²) in [6, 6.07) is 10.5. The lowest BCUT2D eigenvalue weighted by molar-refractivity contribution is 0.253. The maximum atomic E-state index is 5.37. The topological polar surface area (TPSA) is 45.4 Å². The van der Waals surface area contributed by atoms with Crippen LogP contribution in [0.25, 0.3) is 6.08 Å². The molecule has 2 heterocycles. The van der Waals surface area contributed by atoms with E-state index >= 15 is 0 Å². The summed E-state index contributed by atoms with van der Waals surface area (Å²) in [7, 11) is 0. The molecule has 1 aliphatic carbocycles. The Labute approximate surface area is 149 Å². The molecule has 5 heteroatoms. The molecule has 0 spiro atoms. The molecule has 25 heavy (non-hydrogen) atoms. The molecule has 1 aliphatic heterocycles. The molecule has 1 aromatic carbocycles. The minimum atomic E-state index is 0.539. The molecular weight excluding hydrogens is 312 g/mol. The second-order valence-electron chi connectivity index (χ2n) is 7.07. The van der Waals surface area contributed by atoms with Crippen LogP contribution in [0.1, 0.15) is 42.5 Å². The molecule has 2 fully saturated rings. The van der Waals surface area contributed by atoms with E-state index in [0.717, 1.165) is 51.0 Å². The van der Waals surface area contributed by atoms with Crippen LogP contribution in [-0.2, 0) is 6.54 Å². The van der Waals surface area contributed by atoms with Gasteiger partial charge in [-0.15, -0.1) is 0 Å². The third kappa shape index (κ3) is 4.77. The summed E-state index contributed by atoms with van der Waals surface area (Å²) in [5.74, 6) is 2.23.